The van der Waals surface area contributed by atoms with Crippen LogP contribution in [0.5, 0.6) is 0 Å². The van der Waals surface area contributed by atoms with Crippen LogP contribution in [0.2, 0.25) is 0 Å². The van der Waals surface area contributed by atoms with Crippen LogP contribution in [0, 0.1) is 6.92 Å². The fourth-order valence-electron chi connectivity index (χ4n) is 7.22. The molecule has 0 amide bonds. The molecule has 0 aliphatic rings. The van der Waals surface area contributed by atoms with Crippen LogP contribution < -0.4 is 0 Å². The molecule has 0 saturated heterocycles. The summed E-state index contributed by atoms with van der Waals surface area (Å²) in [6.07, 6.45) is 8.12. The molecule has 228 valence electrons. The van der Waals surface area contributed by atoms with Gasteiger partial charge < -0.3 is 4.42 Å². The van der Waals surface area contributed by atoms with E-state index in [2.05, 4.69) is 143 Å². The van der Waals surface area contributed by atoms with Crippen molar-refractivity contribution in [3.63, 3.8) is 0 Å². The van der Waals surface area contributed by atoms with Crippen molar-refractivity contribution in [2.75, 3.05) is 0 Å². The zero-order valence-corrected chi connectivity index (χ0v) is 27.7. The number of hydrogen-bond acceptors (Lipinski definition) is 1. The van der Waals surface area contributed by atoms with E-state index in [1.165, 1.54) is 65.7 Å². The average molecular weight is 607 g/mol. The lowest BCUT2D eigenvalue weighted by atomic mass is 9.81. The normalized spacial score (nSPS) is 12.6. The standard InChI is InChI=1S/C46H38O/c1-6-7-9-18-42-29(2)35-22-19-31(27-43(35)47-42)36-16-12-13-17-37(36)41-28-40(30-14-10-8-11-15-30)38-23-20-32-25-34(46(3,4)5)26-33-21-24-39(41)45(38)44(32)33/h6-28H,1-5H3/b7-6-,18-9-. The fourth-order valence-corrected chi connectivity index (χ4v) is 7.22. The number of rotatable bonds is 5. The van der Waals surface area contributed by atoms with E-state index in [0.29, 0.717) is 0 Å². The summed E-state index contributed by atoms with van der Waals surface area (Å²) < 4.78 is 6.39. The quantitative estimate of drug-likeness (QED) is 0.140. The summed E-state index contributed by atoms with van der Waals surface area (Å²) in [6.45, 7) is 11.0. The molecule has 0 unspecified atom stereocenters. The Bertz CT molecular complexity index is 2480. The summed E-state index contributed by atoms with van der Waals surface area (Å²) in [5, 5.41) is 8.99. The number of fused-ring (bicyclic) bond motifs is 1. The van der Waals surface area contributed by atoms with Crippen LogP contribution in [0.1, 0.15) is 44.6 Å². The van der Waals surface area contributed by atoms with Crippen LogP contribution in [0.15, 0.2) is 138 Å². The van der Waals surface area contributed by atoms with Crippen LogP contribution >= 0.6 is 0 Å². The van der Waals surface area contributed by atoms with Crippen molar-refractivity contribution in [2.24, 2.45) is 0 Å². The van der Waals surface area contributed by atoms with Crippen molar-refractivity contribution in [1.82, 2.24) is 0 Å². The molecule has 0 fully saturated rings. The largest absolute Gasteiger partial charge is 0.456 e. The van der Waals surface area contributed by atoms with Gasteiger partial charge in [0.25, 0.3) is 0 Å². The van der Waals surface area contributed by atoms with E-state index >= 15 is 0 Å². The van der Waals surface area contributed by atoms with Gasteiger partial charge in [-0.3, -0.25) is 0 Å². The zero-order valence-electron chi connectivity index (χ0n) is 27.7. The third-order valence-electron chi connectivity index (χ3n) is 9.72. The van der Waals surface area contributed by atoms with Crippen molar-refractivity contribution >= 4 is 49.4 Å². The van der Waals surface area contributed by atoms with E-state index in [-0.39, 0.29) is 5.41 Å². The highest BCUT2D eigenvalue weighted by Crippen LogP contribution is 2.47. The molecule has 0 spiro atoms. The second kappa shape index (κ2) is 11.1. The van der Waals surface area contributed by atoms with Gasteiger partial charge in [0.15, 0.2) is 0 Å². The molecule has 1 aromatic heterocycles. The van der Waals surface area contributed by atoms with Gasteiger partial charge in [-0.1, -0.05) is 142 Å². The molecule has 8 aromatic rings. The third-order valence-corrected chi connectivity index (χ3v) is 9.72. The molecule has 0 aliphatic heterocycles. The molecule has 0 saturated carbocycles. The Morgan fingerprint density at radius 3 is 1.91 bits per heavy atom. The number of allylic oxidation sites excluding steroid dienone is 3. The monoisotopic (exact) mass is 606 g/mol. The zero-order chi connectivity index (χ0) is 32.3. The van der Waals surface area contributed by atoms with Gasteiger partial charge in [0.05, 0.1) is 0 Å². The average Bonchev–Trinajstić information content (AvgIpc) is 3.40. The molecular formula is C46H38O. The molecule has 1 heteroatoms. The predicted molar refractivity (Wildman–Crippen MR) is 204 cm³/mol. The Labute approximate surface area is 276 Å². The maximum Gasteiger partial charge on any atom is 0.135 e. The lowest BCUT2D eigenvalue weighted by Crippen LogP contribution is -2.10. The summed E-state index contributed by atoms with van der Waals surface area (Å²) in [5.74, 6) is 0.900. The van der Waals surface area contributed by atoms with E-state index in [9.17, 15) is 0 Å². The highest BCUT2D eigenvalue weighted by Gasteiger charge is 2.21. The predicted octanol–water partition coefficient (Wildman–Crippen LogP) is 13.5. The smallest absolute Gasteiger partial charge is 0.135 e. The SMILES string of the molecule is C/C=C\C=C/c1oc2cc(-c3ccccc3-c3cc(-c4ccccc4)c4ccc5cc(C(C)(C)C)cc6ccc3c4c56)ccc2c1C. The number of benzene rings is 7. The topological polar surface area (TPSA) is 13.1 Å². The van der Waals surface area contributed by atoms with Gasteiger partial charge in [-0.25, -0.2) is 0 Å². The van der Waals surface area contributed by atoms with Gasteiger partial charge in [-0.05, 0) is 109 Å². The Hall–Kier alpha value is -5.40. The molecule has 1 nitrogen and oxygen atoms in total. The molecule has 0 N–H and O–H groups in total. The van der Waals surface area contributed by atoms with Gasteiger partial charge in [0.2, 0.25) is 0 Å². The molecule has 7 aromatic carbocycles. The van der Waals surface area contributed by atoms with E-state index in [1.54, 1.807) is 0 Å². The van der Waals surface area contributed by atoms with E-state index < -0.39 is 0 Å². The summed E-state index contributed by atoms with van der Waals surface area (Å²) in [7, 11) is 0. The van der Waals surface area contributed by atoms with E-state index in [0.717, 1.165) is 27.9 Å². The summed E-state index contributed by atoms with van der Waals surface area (Å²) >= 11 is 0. The number of hydrogen-bond donors (Lipinski definition) is 0. The highest BCUT2D eigenvalue weighted by atomic mass is 16.3. The minimum atomic E-state index is 0.0704. The minimum Gasteiger partial charge on any atom is -0.456 e. The Morgan fingerprint density at radius 2 is 1.21 bits per heavy atom. The van der Waals surface area contributed by atoms with Gasteiger partial charge in [0, 0.05) is 10.9 Å². The van der Waals surface area contributed by atoms with Crippen LogP contribution in [-0.2, 0) is 5.41 Å². The van der Waals surface area contributed by atoms with Crippen LogP contribution in [0.25, 0.3) is 82.7 Å². The van der Waals surface area contributed by atoms with Gasteiger partial charge in [-0.15, -0.1) is 0 Å². The first-order valence-corrected chi connectivity index (χ1v) is 16.6. The Balaban J connectivity index is 1.40. The third kappa shape index (κ3) is 4.86. The number of aryl methyl sites for hydroxylation is 1. The number of furan rings is 1. The second-order valence-corrected chi connectivity index (χ2v) is 13.7. The van der Waals surface area contributed by atoms with Crippen molar-refractivity contribution in [1.29, 1.82) is 0 Å². The van der Waals surface area contributed by atoms with Crippen molar-refractivity contribution in [3.8, 4) is 33.4 Å². The van der Waals surface area contributed by atoms with Crippen molar-refractivity contribution in [2.45, 2.75) is 40.0 Å². The second-order valence-electron chi connectivity index (χ2n) is 13.7. The van der Waals surface area contributed by atoms with Crippen LogP contribution in [0.4, 0.5) is 0 Å². The summed E-state index contributed by atoms with van der Waals surface area (Å²) in [4.78, 5) is 0. The van der Waals surface area contributed by atoms with Crippen molar-refractivity contribution < 1.29 is 4.42 Å². The fraction of sp³-hybridized carbons (Fsp3) is 0.130. The van der Waals surface area contributed by atoms with Gasteiger partial charge in [-0.2, -0.15) is 0 Å². The van der Waals surface area contributed by atoms with Crippen LogP contribution in [0.3, 0.4) is 0 Å². The Morgan fingerprint density at radius 1 is 0.553 bits per heavy atom. The molecule has 0 bridgehead atoms. The van der Waals surface area contributed by atoms with Crippen molar-refractivity contribution in [3.05, 3.63) is 150 Å². The first-order chi connectivity index (χ1) is 22.8. The summed E-state index contributed by atoms with van der Waals surface area (Å²) in [6, 6.07) is 42.8. The summed E-state index contributed by atoms with van der Waals surface area (Å²) in [5.41, 5.74) is 10.8. The lowest BCUT2D eigenvalue weighted by Gasteiger charge is -2.23. The first-order valence-electron chi connectivity index (χ1n) is 16.6. The molecule has 47 heavy (non-hydrogen) atoms. The molecule has 0 atom stereocenters. The molecule has 0 aliphatic carbocycles. The van der Waals surface area contributed by atoms with Crippen LogP contribution in [-0.4, -0.2) is 0 Å². The highest BCUT2D eigenvalue weighted by molar-refractivity contribution is 6.28. The maximum absolute atomic E-state index is 6.39. The molecule has 0 radical (unpaired) electrons. The minimum absolute atomic E-state index is 0.0704. The van der Waals surface area contributed by atoms with Gasteiger partial charge >= 0.3 is 0 Å². The molecular weight excluding hydrogens is 569 g/mol. The van der Waals surface area contributed by atoms with Gasteiger partial charge in [0.1, 0.15) is 11.3 Å². The van der Waals surface area contributed by atoms with E-state index in [1.807, 2.05) is 31.2 Å². The molecule has 8 rings (SSSR count). The Kier molecular flexibility index (Phi) is 6.88. The molecule has 1 heterocycles. The maximum atomic E-state index is 6.39. The lowest BCUT2D eigenvalue weighted by molar-refractivity contribution is 0.591. The first kappa shape index (κ1) is 29.0. The van der Waals surface area contributed by atoms with E-state index in [4.69, 9.17) is 4.42 Å².